The maximum atomic E-state index is 12.3. The molecule has 23 heavy (non-hydrogen) atoms. The molecule has 1 aromatic heterocycles. The highest BCUT2D eigenvalue weighted by molar-refractivity contribution is 6.32. The highest BCUT2D eigenvalue weighted by atomic mass is 35.5. The molecular weight excluding hydrogens is 314 g/mol. The van der Waals surface area contributed by atoms with Crippen LogP contribution in [0.2, 0.25) is 5.02 Å². The van der Waals surface area contributed by atoms with Crippen LogP contribution in [0, 0.1) is 19.8 Å². The number of anilines is 1. The van der Waals surface area contributed by atoms with Crippen LogP contribution < -0.4 is 10.1 Å². The number of ether oxygens (including phenoxy) is 1. The maximum absolute atomic E-state index is 12.3. The Labute approximate surface area is 141 Å². The van der Waals surface area contributed by atoms with Gasteiger partial charge in [0.1, 0.15) is 11.6 Å². The van der Waals surface area contributed by atoms with Gasteiger partial charge in [-0.3, -0.25) is 4.79 Å². The number of benzene rings is 1. The molecule has 0 bridgehead atoms. The summed E-state index contributed by atoms with van der Waals surface area (Å²) >= 11 is 6.19. The molecule has 122 valence electrons. The zero-order valence-electron chi connectivity index (χ0n) is 13.7. The molecule has 1 heterocycles. The van der Waals surface area contributed by atoms with E-state index in [9.17, 15) is 4.79 Å². The second-order valence-corrected chi connectivity index (χ2v) is 6.13. The Morgan fingerprint density at radius 2 is 2.09 bits per heavy atom. The fourth-order valence-corrected chi connectivity index (χ4v) is 2.19. The zero-order valence-corrected chi connectivity index (χ0v) is 14.4. The number of carbonyl (C=O) groups excluding carboxylic acids is 1. The third kappa shape index (κ3) is 4.66. The summed E-state index contributed by atoms with van der Waals surface area (Å²) in [6.07, 6.45) is 1.52. The van der Waals surface area contributed by atoms with Crippen molar-refractivity contribution >= 4 is 23.2 Å². The molecule has 0 spiro atoms. The van der Waals surface area contributed by atoms with Crippen LogP contribution in [0.25, 0.3) is 0 Å². The van der Waals surface area contributed by atoms with Gasteiger partial charge in [-0.15, -0.1) is 0 Å². The number of halogens is 1. The van der Waals surface area contributed by atoms with E-state index in [1.807, 2.05) is 0 Å². The van der Waals surface area contributed by atoms with Gasteiger partial charge in [0.2, 0.25) is 0 Å². The van der Waals surface area contributed by atoms with Crippen LogP contribution in [0.3, 0.4) is 0 Å². The summed E-state index contributed by atoms with van der Waals surface area (Å²) in [5.74, 6) is 1.38. The normalized spacial score (nSPS) is 10.7. The molecule has 0 saturated carbocycles. The summed E-state index contributed by atoms with van der Waals surface area (Å²) in [7, 11) is 0. The number of nitrogens with one attached hydrogen (secondary N) is 1. The lowest BCUT2D eigenvalue weighted by Gasteiger charge is -2.12. The van der Waals surface area contributed by atoms with Crippen molar-refractivity contribution in [3.63, 3.8) is 0 Å². The lowest BCUT2D eigenvalue weighted by atomic mass is 10.2. The molecule has 0 aliphatic rings. The van der Waals surface area contributed by atoms with Crippen molar-refractivity contribution in [2.75, 3.05) is 11.9 Å². The van der Waals surface area contributed by atoms with Crippen LogP contribution in [0.4, 0.5) is 5.69 Å². The van der Waals surface area contributed by atoms with Crippen LogP contribution in [-0.2, 0) is 0 Å². The third-order valence-corrected chi connectivity index (χ3v) is 3.40. The first-order valence-corrected chi connectivity index (χ1v) is 7.78. The largest absolute Gasteiger partial charge is 0.492 e. The van der Waals surface area contributed by atoms with Crippen molar-refractivity contribution in [3.8, 4) is 5.75 Å². The highest BCUT2D eigenvalue weighted by Crippen LogP contribution is 2.28. The van der Waals surface area contributed by atoms with Gasteiger partial charge < -0.3 is 10.1 Å². The molecule has 1 N–H and O–H groups in total. The smallest absolute Gasteiger partial charge is 0.259 e. The average molecular weight is 334 g/mol. The number of hydrogen-bond donors (Lipinski definition) is 1. The number of amides is 1. The van der Waals surface area contributed by atoms with Crippen LogP contribution >= 0.6 is 11.6 Å². The van der Waals surface area contributed by atoms with Gasteiger partial charge in [-0.1, -0.05) is 25.4 Å². The van der Waals surface area contributed by atoms with Gasteiger partial charge in [0, 0.05) is 11.9 Å². The third-order valence-electron chi connectivity index (χ3n) is 3.11. The minimum Gasteiger partial charge on any atom is -0.492 e. The zero-order chi connectivity index (χ0) is 17.0. The highest BCUT2D eigenvalue weighted by Gasteiger charge is 2.12. The van der Waals surface area contributed by atoms with E-state index in [4.69, 9.17) is 16.3 Å². The number of nitrogens with zero attached hydrogens (tertiary/aromatic N) is 2. The molecule has 0 aliphatic carbocycles. The van der Waals surface area contributed by atoms with E-state index in [-0.39, 0.29) is 5.91 Å². The molecule has 1 amide bonds. The van der Waals surface area contributed by atoms with Crippen LogP contribution in [0.1, 0.15) is 35.7 Å². The van der Waals surface area contributed by atoms with Gasteiger partial charge >= 0.3 is 0 Å². The van der Waals surface area contributed by atoms with Gasteiger partial charge in [0.15, 0.2) is 0 Å². The van der Waals surface area contributed by atoms with Crippen molar-refractivity contribution < 1.29 is 9.53 Å². The molecule has 0 atom stereocenters. The van der Waals surface area contributed by atoms with Crippen molar-refractivity contribution in [2.45, 2.75) is 27.7 Å². The van der Waals surface area contributed by atoms with Gasteiger partial charge in [0.05, 0.1) is 22.9 Å². The van der Waals surface area contributed by atoms with E-state index in [1.165, 1.54) is 6.20 Å². The quantitative estimate of drug-likeness (QED) is 0.897. The van der Waals surface area contributed by atoms with Gasteiger partial charge in [-0.05, 0) is 38.0 Å². The van der Waals surface area contributed by atoms with Crippen molar-refractivity contribution in [1.82, 2.24) is 9.97 Å². The second kappa shape index (κ2) is 7.42. The molecule has 1 aromatic carbocycles. The lowest BCUT2D eigenvalue weighted by Crippen LogP contribution is -2.15. The van der Waals surface area contributed by atoms with E-state index < -0.39 is 0 Å². The predicted octanol–water partition coefficient (Wildman–Crippen LogP) is 4.03. The average Bonchev–Trinajstić information content (AvgIpc) is 2.46. The number of aromatic nitrogens is 2. The van der Waals surface area contributed by atoms with Gasteiger partial charge in [-0.25, -0.2) is 9.97 Å². The fraction of sp³-hybridized carbons (Fsp3) is 0.353. The van der Waals surface area contributed by atoms with Crippen LogP contribution in [-0.4, -0.2) is 22.5 Å². The molecule has 0 unspecified atom stereocenters. The number of hydrogen-bond acceptors (Lipinski definition) is 4. The first-order chi connectivity index (χ1) is 10.9. The Bertz CT molecular complexity index is 717. The summed E-state index contributed by atoms with van der Waals surface area (Å²) in [5.41, 5.74) is 1.67. The standard InChI is InChI=1S/C17H20ClN3O2/c1-10(2)9-23-16-6-5-13(7-15(16)18)21-17(22)14-8-19-12(4)20-11(14)3/h5-8,10H,9H2,1-4H3,(H,21,22). The van der Waals surface area contributed by atoms with Crippen LogP contribution in [0.5, 0.6) is 5.75 Å². The molecule has 0 aliphatic heterocycles. The van der Waals surface area contributed by atoms with E-state index in [0.29, 0.717) is 46.1 Å². The maximum Gasteiger partial charge on any atom is 0.259 e. The lowest BCUT2D eigenvalue weighted by molar-refractivity contribution is 0.102. The minimum absolute atomic E-state index is 0.269. The summed E-state index contributed by atoms with van der Waals surface area (Å²) in [4.78, 5) is 20.5. The molecular formula is C17H20ClN3O2. The molecule has 0 fully saturated rings. The number of rotatable bonds is 5. The van der Waals surface area contributed by atoms with Crippen molar-refractivity contribution in [2.24, 2.45) is 5.92 Å². The number of carbonyl (C=O) groups is 1. The summed E-state index contributed by atoms with van der Waals surface area (Å²) in [5, 5.41) is 3.25. The minimum atomic E-state index is -0.269. The Morgan fingerprint density at radius 3 is 2.70 bits per heavy atom. The first kappa shape index (κ1) is 17.2. The van der Waals surface area contributed by atoms with Gasteiger partial charge in [0.25, 0.3) is 5.91 Å². The molecule has 0 radical (unpaired) electrons. The SMILES string of the molecule is Cc1ncc(C(=O)Nc2ccc(OCC(C)C)c(Cl)c2)c(C)n1. The van der Waals surface area contributed by atoms with E-state index in [0.717, 1.165) is 0 Å². The summed E-state index contributed by atoms with van der Waals surface area (Å²) < 4.78 is 5.61. The monoisotopic (exact) mass is 333 g/mol. The Morgan fingerprint density at radius 1 is 1.35 bits per heavy atom. The molecule has 2 rings (SSSR count). The Hall–Kier alpha value is -2.14. The molecule has 5 nitrogen and oxygen atoms in total. The molecule has 6 heteroatoms. The Balaban J connectivity index is 2.11. The van der Waals surface area contributed by atoms with E-state index in [2.05, 4.69) is 29.1 Å². The summed E-state index contributed by atoms with van der Waals surface area (Å²) in [6.45, 7) is 8.28. The van der Waals surface area contributed by atoms with Crippen molar-refractivity contribution in [3.05, 3.63) is 46.5 Å². The van der Waals surface area contributed by atoms with E-state index in [1.54, 1.807) is 32.0 Å². The van der Waals surface area contributed by atoms with Crippen molar-refractivity contribution in [1.29, 1.82) is 0 Å². The Kier molecular flexibility index (Phi) is 5.55. The molecule has 0 saturated heterocycles. The summed E-state index contributed by atoms with van der Waals surface area (Å²) in [6, 6.07) is 5.17. The fourth-order valence-electron chi connectivity index (χ4n) is 1.96. The van der Waals surface area contributed by atoms with Gasteiger partial charge in [-0.2, -0.15) is 0 Å². The molecule has 2 aromatic rings. The topological polar surface area (TPSA) is 64.1 Å². The second-order valence-electron chi connectivity index (χ2n) is 5.72. The van der Waals surface area contributed by atoms with Crippen LogP contribution in [0.15, 0.2) is 24.4 Å². The van der Waals surface area contributed by atoms with E-state index >= 15 is 0 Å². The predicted molar refractivity (Wildman–Crippen MR) is 91.2 cm³/mol. The first-order valence-electron chi connectivity index (χ1n) is 7.40. The number of aryl methyl sites for hydroxylation is 2.